The van der Waals surface area contributed by atoms with E-state index >= 15 is 0 Å². The number of benzene rings is 3. The third-order valence-electron chi connectivity index (χ3n) is 8.81. The highest BCUT2D eigenvalue weighted by Gasteiger charge is 2.27. The average Bonchev–Trinajstić information content (AvgIpc) is 3.17. The third-order valence-corrected chi connectivity index (χ3v) is 11.6. The van der Waals surface area contributed by atoms with Crippen molar-refractivity contribution < 1.29 is 37.1 Å². The monoisotopic (exact) mass is 840 g/mol. The number of primary amides is 1. The van der Waals surface area contributed by atoms with Crippen molar-refractivity contribution in [1.29, 1.82) is 0 Å². The fourth-order valence-electron chi connectivity index (χ4n) is 5.93. The molecule has 0 aliphatic carbocycles. The molecule has 0 heterocycles. The Bertz CT molecular complexity index is 1940. The minimum absolute atomic E-state index is 0.0248. The van der Waals surface area contributed by atoms with E-state index in [9.17, 15) is 27.6 Å². The van der Waals surface area contributed by atoms with Gasteiger partial charge in [-0.2, -0.15) is 11.8 Å². The first-order chi connectivity index (χ1) is 27.6. The Morgan fingerprint density at radius 2 is 1.48 bits per heavy atom. The number of aryl methyl sites for hydroxylation is 3. The molecule has 58 heavy (non-hydrogen) atoms. The van der Waals surface area contributed by atoms with Crippen molar-refractivity contribution in [3.63, 3.8) is 0 Å². The van der Waals surface area contributed by atoms with E-state index in [0.29, 0.717) is 42.0 Å². The van der Waals surface area contributed by atoms with Gasteiger partial charge in [-0.3, -0.25) is 19.4 Å². The number of guanidine groups is 1. The molecular weight excluding hydrogens is 785 g/mol. The van der Waals surface area contributed by atoms with Crippen LogP contribution in [0.1, 0.15) is 59.9 Å². The molecule has 0 aromatic heterocycles. The second-order valence-electron chi connectivity index (χ2n) is 13.7. The van der Waals surface area contributed by atoms with Gasteiger partial charge in [0.2, 0.25) is 23.7 Å². The van der Waals surface area contributed by atoms with Gasteiger partial charge in [0.25, 0.3) is 10.0 Å². The Labute approximate surface area is 344 Å². The summed E-state index contributed by atoms with van der Waals surface area (Å²) in [5, 5.41) is 8.03. The van der Waals surface area contributed by atoms with Gasteiger partial charge in [0.05, 0.1) is 18.0 Å². The highest BCUT2D eigenvalue weighted by atomic mass is 32.2. The molecule has 18 heteroatoms. The Kier molecular flexibility index (Phi) is 19.3. The molecule has 0 saturated heterocycles. The van der Waals surface area contributed by atoms with Crippen molar-refractivity contribution >= 4 is 51.6 Å². The Balaban J connectivity index is 1.54. The van der Waals surface area contributed by atoms with E-state index < -0.39 is 52.0 Å². The maximum absolute atomic E-state index is 13.6. The number of hydrogen-bond donors (Lipinski definition) is 7. The number of alkyl carbamates (subject to hydrolysis) is 1. The molecule has 316 valence electrons. The maximum Gasteiger partial charge on any atom is 0.407 e. The van der Waals surface area contributed by atoms with Crippen LogP contribution in [0.3, 0.4) is 0 Å². The average molecular weight is 841 g/mol. The van der Waals surface area contributed by atoms with Crippen molar-refractivity contribution in [3.8, 4) is 5.75 Å². The van der Waals surface area contributed by atoms with E-state index in [1.54, 1.807) is 33.1 Å². The number of nitrogens with zero attached hydrogens (tertiary/aromatic N) is 1. The molecule has 3 atom stereocenters. The molecule has 0 radical (unpaired) electrons. The van der Waals surface area contributed by atoms with E-state index in [2.05, 4.69) is 25.7 Å². The quantitative estimate of drug-likeness (QED) is 0.0415. The van der Waals surface area contributed by atoms with Gasteiger partial charge in [0.15, 0.2) is 0 Å². The second kappa shape index (κ2) is 23.8. The van der Waals surface area contributed by atoms with Crippen molar-refractivity contribution in [3.05, 3.63) is 94.5 Å². The minimum Gasteiger partial charge on any atom is -0.497 e. The predicted octanol–water partition coefficient (Wildman–Crippen LogP) is 2.81. The van der Waals surface area contributed by atoms with Gasteiger partial charge in [-0.15, -0.1) is 0 Å². The number of thioether (sulfide) groups is 1. The van der Waals surface area contributed by atoms with Crippen LogP contribution in [0.5, 0.6) is 5.75 Å². The summed E-state index contributed by atoms with van der Waals surface area (Å²) in [7, 11) is -2.43. The van der Waals surface area contributed by atoms with E-state index in [-0.39, 0.29) is 49.0 Å². The highest BCUT2D eigenvalue weighted by molar-refractivity contribution is 7.98. The lowest BCUT2D eigenvalue weighted by Gasteiger charge is -2.23. The summed E-state index contributed by atoms with van der Waals surface area (Å²) in [5.41, 5.74) is 21.6. The number of unbranched alkanes of at least 4 members (excludes halogenated alkanes) is 1. The fraction of sp³-hybridized carbons (Fsp3) is 0.425. The van der Waals surface area contributed by atoms with Crippen LogP contribution in [0.2, 0.25) is 0 Å². The number of carbonyl (C=O) groups excluding carboxylic acids is 4. The van der Waals surface area contributed by atoms with Gasteiger partial charge in [-0.1, -0.05) is 60.2 Å². The molecule has 0 spiro atoms. The summed E-state index contributed by atoms with van der Waals surface area (Å²) in [6.45, 7) is 5.76. The highest BCUT2D eigenvalue weighted by Crippen LogP contribution is 2.22. The predicted molar refractivity (Wildman–Crippen MR) is 225 cm³/mol. The number of rotatable bonds is 23. The van der Waals surface area contributed by atoms with Crippen molar-refractivity contribution in [2.45, 2.75) is 88.3 Å². The number of amides is 4. The number of hydrogen-bond acceptors (Lipinski definition) is 11. The molecule has 0 aliphatic heterocycles. The summed E-state index contributed by atoms with van der Waals surface area (Å²) in [6, 6.07) is 17.1. The molecule has 0 aliphatic rings. The number of methoxy groups -OCH3 is 1. The number of nitrogens with one attached hydrogen (secondary N) is 4. The summed E-state index contributed by atoms with van der Waals surface area (Å²) in [4.78, 5) is 55.4. The van der Waals surface area contributed by atoms with Gasteiger partial charge in [-0.25, -0.2) is 17.9 Å². The molecule has 4 amide bonds. The first-order valence-corrected chi connectivity index (χ1v) is 21.4. The number of ether oxygens (including phenoxy) is 2. The Morgan fingerprint density at radius 3 is 2.12 bits per heavy atom. The van der Waals surface area contributed by atoms with Crippen molar-refractivity contribution in [2.75, 3.05) is 26.0 Å². The SMILES string of the molecule is COc1ccc(CSC[C@H](NC(=O)[C@@H](N)CCCCNC(=O)OCc2ccccc2)C(=O)N[C@@H](CCCN=C(N)NS(=O)(=O)c2c(C)cc(C)cc2C)C(N)=O)cc1. The van der Waals surface area contributed by atoms with E-state index in [1.807, 2.05) is 61.5 Å². The summed E-state index contributed by atoms with van der Waals surface area (Å²) < 4.78 is 38.8. The first-order valence-electron chi connectivity index (χ1n) is 18.8. The molecule has 3 aromatic rings. The molecule has 0 fully saturated rings. The number of sulfonamides is 1. The van der Waals surface area contributed by atoms with Crippen LogP contribution >= 0.6 is 11.8 Å². The van der Waals surface area contributed by atoms with Crippen LogP contribution in [0.25, 0.3) is 0 Å². The van der Waals surface area contributed by atoms with Crippen molar-refractivity contribution in [1.82, 2.24) is 20.7 Å². The molecule has 0 saturated carbocycles. The fourth-order valence-corrected chi connectivity index (χ4v) is 8.35. The number of nitrogens with two attached hydrogens (primary N) is 3. The standard InChI is InChI=1S/C40H56N8O8S2/c1-26-21-27(2)35(28(3)22-26)58(53,54)48-39(43)44-20-10-14-33(36(42)49)46-38(51)34(25-57-24-30-15-17-31(55-4)18-16-30)47-37(50)32(41)13-8-9-19-45-40(52)56-23-29-11-6-5-7-12-29/h5-7,11-12,15-18,21-22,32-34H,8-10,13-14,19-20,23-25,41H2,1-4H3,(H2,42,49)(H,45,52)(H,46,51)(H,47,50)(H3,43,44,48)/t32-,33-,34-/m0/s1. The second-order valence-corrected chi connectivity index (χ2v) is 16.4. The van der Waals surface area contributed by atoms with Crippen LogP contribution in [0, 0.1) is 20.8 Å². The van der Waals surface area contributed by atoms with Gasteiger partial charge in [-0.05, 0) is 87.3 Å². The molecule has 3 rings (SSSR count). The topological polar surface area (TPSA) is 259 Å². The Morgan fingerprint density at radius 1 is 0.828 bits per heavy atom. The lowest BCUT2D eigenvalue weighted by Crippen LogP contribution is -2.56. The van der Waals surface area contributed by atoms with E-state index in [4.69, 9.17) is 26.7 Å². The molecule has 16 nitrogen and oxygen atoms in total. The van der Waals surface area contributed by atoms with Gasteiger partial charge in [0.1, 0.15) is 24.4 Å². The lowest BCUT2D eigenvalue weighted by atomic mass is 10.1. The number of aliphatic imine (C=N–C) groups is 1. The van der Waals surface area contributed by atoms with Gasteiger partial charge in [0, 0.05) is 24.6 Å². The van der Waals surface area contributed by atoms with Gasteiger partial charge < -0.3 is 42.6 Å². The zero-order valence-corrected chi connectivity index (χ0v) is 35.0. The molecule has 3 aromatic carbocycles. The Hall–Kier alpha value is -5.33. The summed E-state index contributed by atoms with van der Waals surface area (Å²) in [5.74, 6) is -0.958. The van der Waals surface area contributed by atoms with E-state index in [1.165, 1.54) is 11.8 Å². The zero-order valence-electron chi connectivity index (χ0n) is 33.4. The third kappa shape index (κ3) is 16.3. The summed E-state index contributed by atoms with van der Waals surface area (Å²) >= 11 is 1.39. The molecule has 0 unspecified atom stereocenters. The van der Waals surface area contributed by atoms with Crippen molar-refractivity contribution in [2.24, 2.45) is 22.2 Å². The normalized spacial score (nSPS) is 13.1. The molecular formula is C40H56N8O8S2. The molecule has 0 bridgehead atoms. The smallest absolute Gasteiger partial charge is 0.407 e. The van der Waals surface area contributed by atoms with Crippen LogP contribution in [-0.2, 0) is 41.5 Å². The first kappa shape index (κ1) is 47.0. The van der Waals surface area contributed by atoms with Crippen LogP contribution in [-0.4, -0.2) is 82.3 Å². The maximum atomic E-state index is 13.6. The van der Waals surface area contributed by atoms with Crippen LogP contribution in [0.15, 0.2) is 76.6 Å². The van der Waals surface area contributed by atoms with E-state index in [0.717, 1.165) is 16.7 Å². The zero-order chi connectivity index (χ0) is 42.7. The minimum atomic E-state index is -4.00. The summed E-state index contributed by atoms with van der Waals surface area (Å²) in [6.07, 6.45) is 1.06. The van der Waals surface area contributed by atoms with Gasteiger partial charge >= 0.3 is 6.09 Å². The molecule has 10 N–H and O–H groups in total. The largest absolute Gasteiger partial charge is 0.497 e. The number of carbonyl (C=O) groups is 4. The van der Waals surface area contributed by atoms with Crippen LogP contribution in [0.4, 0.5) is 4.79 Å². The lowest BCUT2D eigenvalue weighted by molar-refractivity contribution is -0.131. The van der Waals surface area contributed by atoms with Crippen LogP contribution < -0.4 is 42.6 Å².